The normalized spacial score (nSPS) is 10.4. The quantitative estimate of drug-likeness (QED) is 0.325. The van der Waals surface area contributed by atoms with Gasteiger partial charge in [-0.1, -0.05) is 97.1 Å². The van der Waals surface area contributed by atoms with Crippen molar-refractivity contribution in [2.45, 2.75) is 0 Å². The van der Waals surface area contributed by atoms with Gasteiger partial charge in [0.1, 0.15) is 0 Å². The summed E-state index contributed by atoms with van der Waals surface area (Å²) in [4.78, 5) is 11.8. The highest BCUT2D eigenvalue weighted by molar-refractivity contribution is 9.10. The second kappa shape index (κ2) is 8.93. The molecule has 0 unspecified atom stereocenters. The van der Waals surface area contributed by atoms with Crippen LogP contribution in [0.5, 0.6) is 0 Å². The van der Waals surface area contributed by atoms with Gasteiger partial charge in [0.05, 0.1) is 5.56 Å². The third-order valence-corrected chi connectivity index (χ3v) is 5.61. The molecular formula is C27H19BrO2. The van der Waals surface area contributed by atoms with Crippen molar-refractivity contribution in [1.82, 2.24) is 0 Å². The Labute approximate surface area is 184 Å². The number of hydrogen-bond donors (Lipinski definition) is 1. The van der Waals surface area contributed by atoms with E-state index in [-0.39, 0.29) is 5.56 Å². The first kappa shape index (κ1) is 19.9. The van der Waals surface area contributed by atoms with Gasteiger partial charge in [0.25, 0.3) is 0 Å². The van der Waals surface area contributed by atoms with E-state index in [2.05, 4.69) is 52.3 Å². The lowest BCUT2D eigenvalue weighted by Crippen LogP contribution is -2.02. The van der Waals surface area contributed by atoms with Crippen LogP contribution in [0.4, 0.5) is 0 Å². The molecule has 0 aromatic heterocycles. The van der Waals surface area contributed by atoms with Gasteiger partial charge in [0.2, 0.25) is 0 Å². The molecule has 4 aromatic rings. The smallest absolute Gasteiger partial charge is 0.336 e. The van der Waals surface area contributed by atoms with Crippen molar-refractivity contribution in [3.05, 3.63) is 141 Å². The number of carboxylic acids is 1. The highest BCUT2D eigenvalue weighted by Crippen LogP contribution is 2.37. The van der Waals surface area contributed by atoms with Crippen molar-refractivity contribution in [1.29, 1.82) is 0 Å². The highest BCUT2D eigenvalue weighted by atomic mass is 79.9. The molecule has 4 aromatic carbocycles. The molecule has 0 radical (unpaired) electrons. The number of carboxylic acid groups (broad SMARTS) is 1. The van der Waals surface area contributed by atoms with Gasteiger partial charge in [-0.15, -0.1) is 0 Å². The molecule has 0 aliphatic rings. The molecule has 0 heterocycles. The van der Waals surface area contributed by atoms with E-state index in [0.717, 1.165) is 33.4 Å². The third kappa shape index (κ3) is 4.12. The standard InChI is InChI=1S/C27H19BrO2/c28-24-17-16-22(18-23(24)27(29)30)26(21-14-8-3-9-15-21)25(19-10-4-1-5-11-19)20-12-6-2-7-13-20/h1-18H,(H,29,30). The van der Waals surface area contributed by atoms with E-state index < -0.39 is 5.97 Å². The fourth-order valence-electron chi connectivity index (χ4n) is 3.57. The maximum Gasteiger partial charge on any atom is 0.336 e. The second-order valence-electron chi connectivity index (χ2n) is 6.85. The number of rotatable bonds is 5. The molecule has 0 aliphatic heterocycles. The van der Waals surface area contributed by atoms with Crippen molar-refractivity contribution >= 4 is 33.0 Å². The SMILES string of the molecule is O=C(O)c1cc(C(=C(c2ccccc2)c2ccccc2)c2ccccc2)ccc1Br. The summed E-state index contributed by atoms with van der Waals surface area (Å²) in [7, 11) is 0. The molecule has 0 saturated carbocycles. The van der Waals surface area contributed by atoms with Crippen LogP contribution in [0.3, 0.4) is 0 Å². The molecule has 3 heteroatoms. The maximum atomic E-state index is 11.8. The molecule has 0 spiro atoms. The van der Waals surface area contributed by atoms with Crippen LogP contribution < -0.4 is 0 Å². The molecule has 146 valence electrons. The number of hydrogen-bond acceptors (Lipinski definition) is 1. The van der Waals surface area contributed by atoms with Crippen molar-refractivity contribution < 1.29 is 9.90 Å². The molecule has 2 nitrogen and oxygen atoms in total. The molecule has 0 amide bonds. The Bertz CT molecular complexity index is 1160. The number of aromatic carboxylic acids is 1. The van der Waals surface area contributed by atoms with Crippen LogP contribution in [0.15, 0.2) is 114 Å². The number of benzene rings is 4. The molecule has 0 fully saturated rings. The Hall–Kier alpha value is -3.43. The largest absolute Gasteiger partial charge is 0.478 e. The minimum atomic E-state index is -0.961. The summed E-state index contributed by atoms with van der Waals surface area (Å²) < 4.78 is 0.562. The summed E-state index contributed by atoms with van der Waals surface area (Å²) >= 11 is 3.37. The molecular weight excluding hydrogens is 436 g/mol. The molecule has 0 saturated heterocycles. The van der Waals surface area contributed by atoms with Gasteiger partial charge < -0.3 is 5.11 Å². The lowest BCUT2D eigenvalue weighted by atomic mass is 9.85. The fourth-order valence-corrected chi connectivity index (χ4v) is 3.99. The first-order valence-corrected chi connectivity index (χ1v) is 10.4. The fraction of sp³-hybridized carbons (Fsp3) is 0. The predicted molar refractivity (Wildman–Crippen MR) is 125 cm³/mol. The minimum absolute atomic E-state index is 0.237. The first-order valence-electron chi connectivity index (χ1n) is 9.59. The zero-order valence-corrected chi connectivity index (χ0v) is 17.7. The Morgan fingerprint density at radius 2 is 0.967 bits per heavy atom. The van der Waals surface area contributed by atoms with Crippen LogP contribution in [0.2, 0.25) is 0 Å². The molecule has 30 heavy (non-hydrogen) atoms. The Kier molecular flexibility index (Phi) is 5.92. The van der Waals surface area contributed by atoms with E-state index in [1.54, 1.807) is 12.1 Å². The van der Waals surface area contributed by atoms with Crippen molar-refractivity contribution in [3.8, 4) is 0 Å². The Morgan fingerprint density at radius 3 is 1.37 bits per heavy atom. The molecule has 0 atom stereocenters. The predicted octanol–water partition coefficient (Wildman–Crippen LogP) is 7.15. The third-order valence-electron chi connectivity index (χ3n) is 4.92. The average Bonchev–Trinajstić information content (AvgIpc) is 2.79. The molecule has 4 rings (SSSR count). The zero-order chi connectivity index (χ0) is 20.9. The van der Waals surface area contributed by atoms with Crippen LogP contribution in [0, 0.1) is 0 Å². The van der Waals surface area contributed by atoms with Crippen LogP contribution in [0.25, 0.3) is 11.1 Å². The highest BCUT2D eigenvalue weighted by Gasteiger charge is 2.18. The van der Waals surface area contributed by atoms with E-state index in [9.17, 15) is 9.90 Å². The molecule has 0 aliphatic carbocycles. The topological polar surface area (TPSA) is 37.3 Å². The van der Waals surface area contributed by atoms with E-state index in [4.69, 9.17) is 0 Å². The average molecular weight is 455 g/mol. The monoisotopic (exact) mass is 454 g/mol. The van der Waals surface area contributed by atoms with E-state index in [0.29, 0.717) is 4.47 Å². The van der Waals surface area contributed by atoms with Crippen molar-refractivity contribution in [2.75, 3.05) is 0 Å². The number of carbonyl (C=O) groups is 1. The van der Waals surface area contributed by atoms with Crippen LogP contribution in [-0.4, -0.2) is 11.1 Å². The van der Waals surface area contributed by atoms with E-state index >= 15 is 0 Å². The number of halogens is 1. The van der Waals surface area contributed by atoms with E-state index in [1.165, 1.54) is 0 Å². The summed E-state index contributed by atoms with van der Waals surface area (Å²) in [5.41, 5.74) is 6.30. The van der Waals surface area contributed by atoms with Gasteiger partial charge in [-0.2, -0.15) is 0 Å². The molecule has 0 bridgehead atoms. The van der Waals surface area contributed by atoms with Gasteiger partial charge in [0.15, 0.2) is 0 Å². The van der Waals surface area contributed by atoms with Crippen molar-refractivity contribution in [2.24, 2.45) is 0 Å². The van der Waals surface area contributed by atoms with Gasteiger partial charge in [0, 0.05) is 4.47 Å². The first-order chi connectivity index (χ1) is 14.6. The van der Waals surface area contributed by atoms with Crippen LogP contribution in [-0.2, 0) is 0 Å². The summed E-state index contributed by atoms with van der Waals surface area (Å²) in [5, 5.41) is 9.67. The molecule has 1 N–H and O–H groups in total. The van der Waals surface area contributed by atoms with E-state index in [1.807, 2.05) is 60.7 Å². The van der Waals surface area contributed by atoms with Crippen LogP contribution in [0.1, 0.15) is 32.6 Å². The minimum Gasteiger partial charge on any atom is -0.478 e. The lowest BCUT2D eigenvalue weighted by Gasteiger charge is -2.18. The lowest BCUT2D eigenvalue weighted by molar-refractivity contribution is 0.0696. The zero-order valence-electron chi connectivity index (χ0n) is 16.1. The Morgan fingerprint density at radius 1 is 0.567 bits per heavy atom. The van der Waals surface area contributed by atoms with Gasteiger partial charge in [-0.3, -0.25) is 0 Å². The maximum absolute atomic E-state index is 11.8. The van der Waals surface area contributed by atoms with Crippen LogP contribution >= 0.6 is 15.9 Å². The van der Waals surface area contributed by atoms with Gasteiger partial charge in [-0.05, 0) is 61.5 Å². The summed E-state index contributed by atoms with van der Waals surface area (Å²) in [6.07, 6.45) is 0. The van der Waals surface area contributed by atoms with Gasteiger partial charge in [-0.25, -0.2) is 4.79 Å². The second-order valence-corrected chi connectivity index (χ2v) is 7.70. The summed E-state index contributed by atoms with van der Waals surface area (Å²) in [6.45, 7) is 0. The summed E-state index contributed by atoms with van der Waals surface area (Å²) in [5.74, 6) is -0.961. The Balaban J connectivity index is 2.11. The van der Waals surface area contributed by atoms with Crippen molar-refractivity contribution in [3.63, 3.8) is 0 Å². The van der Waals surface area contributed by atoms with Gasteiger partial charge >= 0.3 is 5.97 Å². The summed E-state index contributed by atoms with van der Waals surface area (Å²) in [6, 6.07) is 36.0.